The summed E-state index contributed by atoms with van der Waals surface area (Å²) in [7, 11) is 1.88. The van der Waals surface area contributed by atoms with E-state index in [9.17, 15) is 0 Å². The van der Waals surface area contributed by atoms with E-state index < -0.39 is 0 Å². The summed E-state index contributed by atoms with van der Waals surface area (Å²) in [5.41, 5.74) is 13.2. The average Bonchev–Trinajstić information content (AvgIpc) is 2.45. The maximum Gasteiger partial charge on any atom is 0.143 e. The summed E-state index contributed by atoms with van der Waals surface area (Å²) in [5.74, 6) is 1.94. The molecule has 0 saturated carbocycles. The van der Waals surface area contributed by atoms with Gasteiger partial charge in [-0.3, -0.25) is 0 Å². The molecule has 0 fully saturated rings. The summed E-state index contributed by atoms with van der Waals surface area (Å²) < 4.78 is 0. The molecule has 5 N–H and O–H groups in total. The Hall–Kier alpha value is -2.70. The number of anilines is 3. The Morgan fingerprint density at radius 1 is 1.29 bits per heavy atom. The van der Waals surface area contributed by atoms with Crippen LogP contribution < -0.4 is 16.4 Å². The van der Waals surface area contributed by atoms with Crippen molar-refractivity contribution in [3.8, 4) is 0 Å². The minimum Gasteiger partial charge on any atom is -0.383 e. The van der Waals surface area contributed by atoms with Gasteiger partial charge in [0.1, 0.15) is 23.3 Å². The van der Waals surface area contributed by atoms with E-state index in [1.165, 1.54) is 6.21 Å². The van der Waals surface area contributed by atoms with Crippen molar-refractivity contribution in [3.63, 3.8) is 0 Å². The maximum atomic E-state index is 7.53. The first-order valence-corrected chi connectivity index (χ1v) is 6.53. The molecule has 0 aliphatic carbocycles. The molecule has 0 radical (unpaired) electrons. The van der Waals surface area contributed by atoms with Crippen LogP contribution in [-0.2, 0) is 0 Å². The fraction of sp³-hybridized carbons (Fsp3) is 0.286. The highest BCUT2D eigenvalue weighted by atomic mass is 15.2. The van der Waals surface area contributed by atoms with E-state index in [1.54, 1.807) is 13.1 Å². The quantitative estimate of drug-likeness (QED) is 0.733. The van der Waals surface area contributed by atoms with Crippen LogP contribution in [0.25, 0.3) is 0 Å². The Labute approximate surface area is 123 Å². The lowest BCUT2D eigenvalue weighted by Gasteiger charge is -2.28. The van der Waals surface area contributed by atoms with E-state index in [0.717, 1.165) is 5.56 Å². The summed E-state index contributed by atoms with van der Waals surface area (Å²) in [6, 6.07) is 3.70. The van der Waals surface area contributed by atoms with Gasteiger partial charge in [0.15, 0.2) is 0 Å². The van der Waals surface area contributed by atoms with Gasteiger partial charge in [-0.1, -0.05) is 6.07 Å². The monoisotopic (exact) mass is 285 g/mol. The van der Waals surface area contributed by atoms with Gasteiger partial charge < -0.3 is 21.8 Å². The predicted molar refractivity (Wildman–Crippen MR) is 84.5 cm³/mol. The fourth-order valence-electron chi connectivity index (χ4n) is 2.17. The van der Waals surface area contributed by atoms with Crippen molar-refractivity contribution in [2.75, 3.05) is 23.4 Å². The summed E-state index contributed by atoms with van der Waals surface area (Å²) in [4.78, 5) is 14.5. The Morgan fingerprint density at radius 2 is 2.00 bits per heavy atom. The van der Waals surface area contributed by atoms with Crippen LogP contribution in [0.3, 0.4) is 0 Å². The van der Waals surface area contributed by atoms with Crippen LogP contribution >= 0.6 is 0 Å². The number of aromatic nitrogens is 3. The van der Waals surface area contributed by atoms with Gasteiger partial charge in [-0.15, -0.1) is 0 Å². The first-order valence-electron chi connectivity index (χ1n) is 6.53. The summed E-state index contributed by atoms with van der Waals surface area (Å²) in [6.07, 6.45) is 2.82. The average molecular weight is 285 g/mol. The van der Waals surface area contributed by atoms with Gasteiger partial charge in [0.25, 0.3) is 0 Å². The van der Waals surface area contributed by atoms with Crippen molar-refractivity contribution in [2.24, 2.45) is 0 Å². The van der Waals surface area contributed by atoms with Crippen LogP contribution in [0.5, 0.6) is 0 Å². The molecule has 7 heteroatoms. The van der Waals surface area contributed by atoms with Crippen LogP contribution in [0.4, 0.5) is 17.5 Å². The van der Waals surface area contributed by atoms with Crippen LogP contribution in [0.2, 0.25) is 0 Å². The molecule has 1 unspecified atom stereocenters. The maximum absolute atomic E-state index is 7.53. The Balaban J connectivity index is 2.47. The van der Waals surface area contributed by atoms with Crippen LogP contribution in [-0.4, -0.2) is 28.2 Å². The van der Waals surface area contributed by atoms with Gasteiger partial charge in [-0.25, -0.2) is 15.0 Å². The number of hydrogen-bond acceptors (Lipinski definition) is 7. The number of aryl methyl sites for hydroxylation is 1. The smallest absolute Gasteiger partial charge is 0.143 e. The van der Waals surface area contributed by atoms with Gasteiger partial charge in [0.2, 0.25) is 0 Å². The summed E-state index contributed by atoms with van der Waals surface area (Å²) >= 11 is 0. The highest BCUT2D eigenvalue weighted by molar-refractivity contribution is 5.90. The molecule has 2 aromatic rings. The summed E-state index contributed by atoms with van der Waals surface area (Å²) in [5, 5.41) is 7.53. The first kappa shape index (κ1) is 14.7. The standard InChI is InChI=1S/C14H19N7/c1-8(10-5-4-6-18-12(10)16)21(3)14-11(7-15)13(17)19-9(2)20-14/h4-8,15H,1-3H3,(H2,16,18)(H2,17,19,20). The highest BCUT2D eigenvalue weighted by Crippen LogP contribution is 2.29. The lowest BCUT2D eigenvalue weighted by Crippen LogP contribution is -2.26. The van der Waals surface area contributed by atoms with Crippen molar-refractivity contribution in [1.82, 2.24) is 15.0 Å². The SMILES string of the molecule is Cc1nc(N)c(C=N)c(N(C)C(C)c2cccnc2N)n1. The molecule has 0 aliphatic rings. The Kier molecular flexibility index (Phi) is 4.02. The van der Waals surface area contributed by atoms with E-state index >= 15 is 0 Å². The molecule has 0 saturated heterocycles. The zero-order valence-corrected chi connectivity index (χ0v) is 12.3. The van der Waals surface area contributed by atoms with Gasteiger partial charge in [-0.05, 0) is 19.9 Å². The van der Waals surface area contributed by atoms with Crippen molar-refractivity contribution in [2.45, 2.75) is 19.9 Å². The van der Waals surface area contributed by atoms with Crippen molar-refractivity contribution in [3.05, 3.63) is 35.3 Å². The number of rotatable bonds is 4. The second-order valence-corrected chi connectivity index (χ2v) is 4.80. The molecule has 110 valence electrons. The molecule has 0 bridgehead atoms. The van der Waals surface area contributed by atoms with E-state index in [0.29, 0.717) is 28.8 Å². The second kappa shape index (κ2) is 5.74. The molecule has 0 amide bonds. The molecule has 0 spiro atoms. The Bertz CT molecular complexity index is 668. The minimum absolute atomic E-state index is 0.0638. The third-order valence-corrected chi connectivity index (χ3v) is 3.45. The molecule has 0 aromatic carbocycles. The molecular formula is C14H19N7. The molecule has 7 nitrogen and oxygen atoms in total. The van der Waals surface area contributed by atoms with Crippen molar-refractivity contribution in [1.29, 1.82) is 5.41 Å². The van der Waals surface area contributed by atoms with E-state index in [-0.39, 0.29) is 6.04 Å². The van der Waals surface area contributed by atoms with E-state index in [1.807, 2.05) is 31.0 Å². The van der Waals surface area contributed by atoms with Crippen molar-refractivity contribution < 1.29 is 0 Å². The molecule has 1 atom stereocenters. The third kappa shape index (κ3) is 2.76. The van der Waals surface area contributed by atoms with Gasteiger partial charge in [0.05, 0.1) is 11.6 Å². The number of nitrogens with two attached hydrogens (primary N) is 2. The number of nitrogens with one attached hydrogen (secondary N) is 1. The van der Waals surface area contributed by atoms with E-state index in [4.69, 9.17) is 16.9 Å². The highest BCUT2D eigenvalue weighted by Gasteiger charge is 2.20. The van der Waals surface area contributed by atoms with Gasteiger partial charge in [0, 0.05) is 25.0 Å². The van der Waals surface area contributed by atoms with Crippen LogP contribution in [0.1, 0.15) is 29.9 Å². The van der Waals surface area contributed by atoms with Crippen LogP contribution in [0.15, 0.2) is 18.3 Å². The zero-order chi connectivity index (χ0) is 15.6. The number of nitrogen functional groups attached to an aromatic ring is 2. The molecule has 21 heavy (non-hydrogen) atoms. The lowest BCUT2D eigenvalue weighted by atomic mass is 10.1. The number of nitrogens with zero attached hydrogens (tertiary/aromatic N) is 4. The second-order valence-electron chi connectivity index (χ2n) is 4.80. The zero-order valence-electron chi connectivity index (χ0n) is 12.3. The van der Waals surface area contributed by atoms with Crippen LogP contribution in [0, 0.1) is 12.3 Å². The lowest BCUT2D eigenvalue weighted by molar-refractivity contribution is 0.723. The largest absolute Gasteiger partial charge is 0.383 e. The first-order chi connectivity index (χ1) is 9.95. The molecule has 2 aromatic heterocycles. The Morgan fingerprint density at radius 3 is 2.62 bits per heavy atom. The molecule has 2 rings (SSSR count). The fourth-order valence-corrected chi connectivity index (χ4v) is 2.17. The minimum atomic E-state index is -0.0638. The molecule has 0 aliphatic heterocycles. The normalized spacial score (nSPS) is 12.0. The molecular weight excluding hydrogens is 266 g/mol. The number of hydrogen-bond donors (Lipinski definition) is 3. The molecule has 2 heterocycles. The van der Waals surface area contributed by atoms with Gasteiger partial charge in [-0.2, -0.15) is 0 Å². The predicted octanol–water partition coefficient (Wildman–Crippen LogP) is 1.54. The summed E-state index contributed by atoms with van der Waals surface area (Å²) in [6.45, 7) is 3.76. The topological polar surface area (TPSA) is 118 Å². The van der Waals surface area contributed by atoms with Gasteiger partial charge >= 0.3 is 0 Å². The number of pyridine rings is 1. The third-order valence-electron chi connectivity index (χ3n) is 3.45. The van der Waals surface area contributed by atoms with E-state index in [2.05, 4.69) is 15.0 Å². The van der Waals surface area contributed by atoms with Crippen molar-refractivity contribution >= 4 is 23.7 Å².